The number of hydrogen-bond acceptors (Lipinski definition) is 5. The fraction of sp³-hybridized carbons (Fsp3) is 0.667. The molecule has 0 amide bonds. The smallest absolute Gasteiger partial charge is 0.377 e. The van der Waals surface area contributed by atoms with Crippen molar-refractivity contribution in [2.24, 2.45) is 0 Å². The van der Waals surface area contributed by atoms with Crippen LogP contribution in [0.2, 0.25) is 0 Å². The van der Waals surface area contributed by atoms with E-state index >= 15 is 0 Å². The van der Waals surface area contributed by atoms with Crippen LogP contribution in [-0.2, 0) is 15.2 Å². The molecular weight excluding hydrogens is 198 g/mol. The molecule has 1 rings (SSSR count). The Balaban J connectivity index is 2.88. The molecule has 0 aliphatic carbocycles. The van der Waals surface area contributed by atoms with Crippen molar-refractivity contribution in [3.63, 3.8) is 0 Å². The van der Waals surface area contributed by atoms with Crippen LogP contribution in [0.5, 0.6) is 0 Å². The van der Waals surface area contributed by atoms with Gasteiger partial charge >= 0.3 is 5.97 Å². The van der Waals surface area contributed by atoms with E-state index < -0.39 is 11.7 Å². The van der Waals surface area contributed by atoms with Crippen molar-refractivity contribution < 1.29 is 14.3 Å². The number of carbonyl (C=O) groups is 1. The van der Waals surface area contributed by atoms with Crippen LogP contribution in [0.3, 0.4) is 0 Å². The fourth-order valence-corrected chi connectivity index (χ4v) is 1.13. The number of methoxy groups -OCH3 is 1. The molecule has 0 saturated carbocycles. The Morgan fingerprint density at radius 1 is 1.60 bits per heavy atom. The molecule has 6 heteroatoms. The lowest BCUT2D eigenvalue weighted by Crippen LogP contribution is -2.30. The first kappa shape index (κ1) is 11.6. The molecule has 1 aromatic heterocycles. The zero-order chi connectivity index (χ0) is 11.5. The van der Waals surface area contributed by atoms with E-state index in [9.17, 15) is 4.79 Å². The SMILES string of the molecule is CCOC(C)(C)n1cnc(C(=O)OC)n1. The molecule has 0 atom stereocenters. The first-order valence-corrected chi connectivity index (χ1v) is 4.65. The van der Waals surface area contributed by atoms with E-state index in [0.717, 1.165) is 0 Å². The van der Waals surface area contributed by atoms with Crippen molar-refractivity contribution >= 4 is 5.97 Å². The first-order valence-electron chi connectivity index (χ1n) is 4.65. The zero-order valence-electron chi connectivity index (χ0n) is 9.35. The third-order valence-electron chi connectivity index (χ3n) is 1.91. The van der Waals surface area contributed by atoms with Gasteiger partial charge in [0, 0.05) is 6.61 Å². The monoisotopic (exact) mass is 213 g/mol. The number of rotatable bonds is 4. The van der Waals surface area contributed by atoms with Crippen molar-refractivity contribution in [1.29, 1.82) is 0 Å². The highest BCUT2D eigenvalue weighted by Gasteiger charge is 2.23. The highest BCUT2D eigenvalue weighted by atomic mass is 16.5. The highest BCUT2D eigenvalue weighted by molar-refractivity contribution is 5.84. The van der Waals surface area contributed by atoms with E-state index in [2.05, 4.69) is 14.8 Å². The van der Waals surface area contributed by atoms with Gasteiger partial charge in [0.05, 0.1) is 7.11 Å². The lowest BCUT2D eigenvalue weighted by atomic mass is 10.3. The number of hydrogen-bond donors (Lipinski definition) is 0. The summed E-state index contributed by atoms with van der Waals surface area (Å²) in [6.45, 7) is 6.12. The van der Waals surface area contributed by atoms with E-state index in [1.165, 1.54) is 18.1 Å². The maximum Gasteiger partial charge on any atom is 0.377 e. The molecule has 0 fully saturated rings. The standard InChI is InChI=1S/C9H15N3O3/c1-5-15-9(2,3)12-6-10-7(11-12)8(13)14-4/h6H,5H2,1-4H3. The number of ether oxygens (including phenoxy) is 2. The van der Waals surface area contributed by atoms with Gasteiger partial charge < -0.3 is 9.47 Å². The van der Waals surface area contributed by atoms with E-state index in [4.69, 9.17) is 4.74 Å². The first-order chi connectivity index (χ1) is 7.01. The highest BCUT2D eigenvalue weighted by Crippen LogP contribution is 2.14. The summed E-state index contributed by atoms with van der Waals surface area (Å²) in [6.07, 6.45) is 1.45. The molecule has 0 aliphatic rings. The largest absolute Gasteiger partial charge is 0.463 e. The molecule has 15 heavy (non-hydrogen) atoms. The van der Waals surface area contributed by atoms with Gasteiger partial charge in [-0.05, 0) is 20.8 Å². The molecule has 0 spiro atoms. The topological polar surface area (TPSA) is 66.2 Å². The number of carbonyl (C=O) groups excluding carboxylic acids is 1. The fourth-order valence-electron chi connectivity index (χ4n) is 1.13. The van der Waals surface area contributed by atoms with Gasteiger partial charge in [-0.25, -0.2) is 14.5 Å². The Morgan fingerprint density at radius 2 is 2.27 bits per heavy atom. The molecule has 1 heterocycles. The summed E-state index contributed by atoms with van der Waals surface area (Å²) < 4.78 is 11.4. The van der Waals surface area contributed by atoms with Crippen molar-refractivity contribution in [3.8, 4) is 0 Å². The number of esters is 1. The van der Waals surface area contributed by atoms with Gasteiger partial charge in [-0.1, -0.05) is 0 Å². The van der Waals surface area contributed by atoms with Crippen LogP contribution in [0.15, 0.2) is 6.33 Å². The van der Waals surface area contributed by atoms with Crippen LogP contribution >= 0.6 is 0 Å². The molecule has 0 unspecified atom stereocenters. The lowest BCUT2D eigenvalue weighted by Gasteiger charge is -2.24. The summed E-state index contributed by atoms with van der Waals surface area (Å²) in [4.78, 5) is 14.9. The molecule has 84 valence electrons. The Kier molecular flexibility index (Phi) is 3.41. The predicted molar refractivity (Wildman–Crippen MR) is 52.3 cm³/mol. The van der Waals surface area contributed by atoms with Gasteiger partial charge in [-0.3, -0.25) is 0 Å². The van der Waals surface area contributed by atoms with Crippen LogP contribution in [-0.4, -0.2) is 34.5 Å². The van der Waals surface area contributed by atoms with E-state index in [1.54, 1.807) is 0 Å². The minimum absolute atomic E-state index is 0.0327. The molecule has 0 radical (unpaired) electrons. The van der Waals surface area contributed by atoms with Crippen LogP contribution in [0, 0.1) is 0 Å². The van der Waals surface area contributed by atoms with Crippen molar-refractivity contribution in [2.45, 2.75) is 26.5 Å². The predicted octanol–water partition coefficient (Wildman–Crippen LogP) is 0.794. The normalized spacial score (nSPS) is 11.5. The van der Waals surface area contributed by atoms with Crippen LogP contribution in [0.1, 0.15) is 31.4 Å². The molecule has 6 nitrogen and oxygen atoms in total. The second-order valence-corrected chi connectivity index (χ2v) is 3.38. The second-order valence-electron chi connectivity index (χ2n) is 3.38. The van der Waals surface area contributed by atoms with E-state index in [-0.39, 0.29) is 5.82 Å². The summed E-state index contributed by atoms with van der Waals surface area (Å²) in [5.41, 5.74) is -0.617. The Labute approximate surface area is 88.2 Å². The summed E-state index contributed by atoms with van der Waals surface area (Å²) in [7, 11) is 1.29. The quantitative estimate of drug-likeness (QED) is 0.692. The Bertz CT molecular complexity index is 346. The van der Waals surface area contributed by atoms with Crippen molar-refractivity contribution in [3.05, 3.63) is 12.2 Å². The summed E-state index contributed by atoms with van der Waals surface area (Å²) in [6, 6.07) is 0. The molecule has 0 saturated heterocycles. The molecule has 0 bridgehead atoms. The van der Waals surface area contributed by atoms with Gasteiger partial charge in [0.1, 0.15) is 6.33 Å². The Morgan fingerprint density at radius 3 is 2.80 bits per heavy atom. The van der Waals surface area contributed by atoms with Crippen LogP contribution < -0.4 is 0 Å². The Hall–Kier alpha value is -1.43. The second kappa shape index (κ2) is 4.39. The third kappa shape index (κ3) is 2.53. The van der Waals surface area contributed by atoms with Gasteiger partial charge in [0.2, 0.25) is 0 Å². The minimum atomic E-state index is -0.617. The summed E-state index contributed by atoms with van der Waals surface area (Å²) >= 11 is 0. The van der Waals surface area contributed by atoms with Gasteiger partial charge in [0.25, 0.3) is 5.82 Å². The van der Waals surface area contributed by atoms with Gasteiger partial charge in [-0.2, -0.15) is 0 Å². The minimum Gasteiger partial charge on any atom is -0.463 e. The average molecular weight is 213 g/mol. The van der Waals surface area contributed by atoms with Crippen molar-refractivity contribution in [1.82, 2.24) is 14.8 Å². The van der Waals surface area contributed by atoms with Crippen molar-refractivity contribution in [2.75, 3.05) is 13.7 Å². The number of nitrogens with zero attached hydrogens (tertiary/aromatic N) is 3. The maximum absolute atomic E-state index is 11.1. The van der Waals surface area contributed by atoms with Gasteiger partial charge in [-0.15, -0.1) is 5.10 Å². The maximum atomic E-state index is 11.1. The summed E-state index contributed by atoms with van der Waals surface area (Å²) in [5.74, 6) is -0.522. The number of aromatic nitrogens is 3. The average Bonchev–Trinajstić information content (AvgIpc) is 2.66. The molecule has 1 aromatic rings. The zero-order valence-corrected chi connectivity index (χ0v) is 9.35. The lowest BCUT2D eigenvalue weighted by molar-refractivity contribution is -0.0812. The third-order valence-corrected chi connectivity index (χ3v) is 1.91. The summed E-state index contributed by atoms with van der Waals surface area (Å²) in [5, 5.41) is 3.98. The molecule has 0 N–H and O–H groups in total. The van der Waals surface area contributed by atoms with Crippen LogP contribution in [0.4, 0.5) is 0 Å². The van der Waals surface area contributed by atoms with Gasteiger partial charge in [0.15, 0.2) is 5.72 Å². The molecule has 0 aromatic carbocycles. The van der Waals surface area contributed by atoms with E-state index in [1.807, 2.05) is 20.8 Å². The van der Waals surface area contributed by atoms with Crippen LogP contribution in [0.25, 0.3) is 0 Å². The molecule has 0 aliphatic heterocycles. The van der Waals surface area contributed by atoms with E-state index in [0.29, 0.717) is 6.61 Å². The molecular formula is C9H15N3O3.